The maximum atomic E-state index is 5.24. The molecule has 2 aromatic heterocycles. The molecule has 0 unspecified atom stereocenters. The first-order valence-corrected chi connectivity index (χ1v) is 6.50. The lowest BCUT2D eigenvalue weighted by Gasteiger charge is -1.98. The molecule has 0 saturated heterocycles. The highest BCUT2D eigenvalue weighted by atomic mass is 16.5. The standard InChI is InChI=1S/C14H15N5O/c1-2-15-9-13-17-14(20-18-13)11-8-16-19(10-11)12-6-4-3-5-7-12/h3-8,10,15H,2,9H2,1H3. The number of aromatic nitrogens is 4. The van der Waals surface area contributed by atoms with Gasteiger partial charge in [0.25, 0.3) is 5.89 Å². The second kappa shape index (κ2) is 5.66. The Hall–Kier alpha value is -2.47. The van der Waals surface area contributed by atoms with E-state index >= 15 is 0 Å². The van der Waals surface area contributed by atoms with E-state index in [1.165, 1.54) is 0 Å². The Morgan fingerprint density at radius 3 is 2.90 bits per heavy atom. The van der Waals surface area contributed by atoms with Gasteiger partial charge >= 0.3 is 0 Å². The van der Waals surface area contributed by atoms with Crippen molar-refractivity contribution in [3.63, 3.8) is 0 Å². The zero-order chi connectivity index (χ0) is 13.8. The number of nitrogens with one attached hydrogen (secondary N) is 1. The highest BCUT2D eigenvalue weighted by molar-refractivity contribution is 5.51. The molecule has 6 nitrogen and oxygen atoms in total. The number of para-hydroxylation sites is 1. The smallest absolute Gasteiger partial charge is 0.261 e. The Morgan fingerprint density at radius 1 is 1.25 bits per heavy atom. The second-order valence-corrected chi connectivity index (χ2v) is 4.31. The fourth-order valence-electron chi connectivity index (χ4n) is 1.84. The molecule has 1 N–H and O–H groups in total. The minimum absolute atomic E-state index is 0.486. The van der Waals surface area contributed by atoms with Gasteiger partial charge in [0.15, 0.2) is 5.82 Å². The summed E-state index contributed by atoms with van der Waals surface area (Å²) in [5.74, 6) is 1.13. The summed E-state index contributed by atoms with van der Waals surface area (Å²) >= 11 is 0. The molecule has 6 heteroatoms. The molecule has 0 atom stereocenters. The van der Waals surface area contributed by atoms with Crippen molar-refractivity contribution in [2.45, 2.75) is 13.5 Å². The van der Waals surface area contributed by atoms with E-state index in [4.69, 9.17) is 4.52 Å². The topological polar surface area (TPSA) is 68.8 Å². The van der Waals surface area contributed by atoms with Gasteiger partial charge in [0, 0.05) is 6.20 Å². The first kappa shape index (κ1) is 12.6. The van der Waals surface area contributed by atoms with Crippen LogP contribution in [0.2, 0.25) is 0 Å². The largest absolute Gasteiger partial charge is 0.334 e. The number of nitrogens with zero attached hydrogens (tertiary/aromatic N) is 4. The summed E-state index contributed by atoms with van der Waals surface area (Å²) < 4.78 is 7.02. The summed E-state index contributed by atoms with van der Waals surface area (Å²) in [6, 6.07) is 9.89. The first-order valence-electron chi connectivity index (χ1n) is 6.50. The van der Waals surface area contributed by atoms with E-state index in [1.54, 1.807) is 10.9 Å². The molecule has 0 spiro atoms. The quantitative estimate of drug-likeness (QED) is 0.767. The molecule has 3 aromatic rings. The highest BCUT2D eigenvalue weighted by Crippen LogP contribution is 2.18. The van der Waals surface area contributed by atoms with Crippen LogP contribution in [0.5, 0.6) is 0 Å². The summed E-state index contributed by atoms with van der Waals surface area (Å²) in [5, 5.41) is 11.4. The van der Waals surface area contributed by atoms with Crippen molar-refractivity contribution in [2.75, 3.05) is 6.54 Å². The Labute approximate surface area is 116 Å². The first-order chi connectivity index (χ1) is 9.86. The molecule has 0 bridgehead atoms. The minimum atomic E-state index is 0.486. The zero-order valence-corrected chi connectivity index (χ0v) is 11.2. The Balaban J connectivity index is 1.81. The molecule has 3 rings (SSSR count). The third kappa shape index (κ3) is 2.60. The number of hydrogen-bond acceptors (Lipinski definition) is 5. The minimum Gasteiger partial charge on any atom is -0.334 e. The van der Waals surface area contributed by atoms with Crippen molar-refractivity contribution in [3.8, 4) is 17.1 Å². The second-order valence-electron chi connectivity index (χ2n) is 4.31. The van der Waals surface area contributed by atoms with Crippen molar-refractivity contribution in [2.24, 2.45) is 0 Å². The van der Waals surface area contributed by atoms with Gasteiger partial charge in [0.1, 0.15) is 0 Å². The molecule has 0 radical (unpaired) electrons. The summed E-state index contributed by atoms with van der Waals surface area (Å²) in [6.07, 6.45) is 3.59. The van der Waals surface area contributed by atoms with Crippen LogP contribution in [0.3, 0.4) is 0 Å². The molecule has 1 aromatic carbocycles. The molecule has 102 valence electrons. The molecule has 2 heterocycles. The van der Waals surface area contributed by atoms with E-state index in [1.807, 2.05) is 43.5 Å². The van der Waals surface area contributed by atoms with Crippen LogP contribution in [-0.2, 0) is 6.54 Å². The van der Waals surface area contributed by atoms with Gasteiger partial charge in [-0.05, 0) is 18.7 Å². The van der Waals surface area contributed by atoms with Crippen LogP contribution in [0.1, 0.15) is 12.7 Å². The van der Waals surface area contributed by atoms with Gasteiger partial charge in [0.2, 0.25) is 0 Å². The lowest BCUT2D eigenvalue weighted by Crippen LogP contribution is -2.12. The van der Waals surface area contributed by atoms with Crippen LogP contribution >= 0.6 is 0 Å². The molecule has 0 aliphatic rings. The zero-order valence-electron chi connectivity index (χ0n) is 11.2. The lowest BCUT2D eigenvalue weighted by molar-refractivity contribution is 0.420. The van der Waals surface area contributed by atoms with Gasteiger partial charge in [-0.15, -0.1) is 0 Å². The van der Waals surface area contributed by atoms with Gasteiger partial charge in [-0.2, -0.15) is 10.1 Å². The predicted octanol–water partition coefficient (Wildman–Crippen LogP) is 2.03. The Morgan fingerprint density at radius 2 is 2.10 bits per heavy atom. The number of rotatable bonds is 5. The third-order valence-electron chi connectivity index (χ3n) is 2.85. The van der Waals surface area contributed by atoms with Gasteiger partial charge in [-0.25, -0.2) is 4.68 Å². The molecule has 0 saturated carbocycles. The number of benzene rings is 1. The normalized spacial score (nSPS) is 10.8. The van der Waals surface area contributed by atoms with E-state index in [2.05, 4.69) is 20.6 Å². The molecule has 0 aliphatic carbocycles. The number of hydrogen-bond donors (Lipinski definition) is 1. The van der Waals surface area contributed by atoms with Crippen LogP contribution in [-0.4, -0.2) is 26.5 Å². The van der Waals surface area contributed by atoms with Crippen molar-refractivity contribution in [1.29, 1.82) is 0 Å². The van der Waals surface area contributed by atoms with Gasteiger partial charge in [-0.3, -0.25) is 0 Å². The Bertz CT molecular complexity index is 674. The van der Waals surface area contributed by atoms with E-state index in [9.17, 15) is 0 Å². The van der Waals surface area contributed by atoms with E-state index in [0.717, 1.165) is 17.8 Å². The van der Waals surface area contributed by atoms with E-state index in [0.29, 0.717) is 18.3 Å². The SMILES string of the molecule is CCNCc1noc(-c2cnn(-c3ccccc3)c2)n1. The average molecular weight is 269 g/mol. The van der Waals surface area contributed by atoms with Crippen LogP contribution in [0.4, 0.5) is 0 Å². The van der Waals surface area contributed by atoms with E-state index in [-0.39, 0.29) is 0 Å². The van der Waals surface area contributed by atoms with Crippen LogP contribution in [0.25, 0.3) is 17.1 Å². The van der Waals surface area contributed by atoms with Crippen LogP contribution in [0.15, 0.2) is 47.2 Å². The summed E-state index contributed by atoms with van der Waals surface area (Å²) in [4.78, 5) is 4.33. The van der Waals surface area contributed by atoms with Crippen LogP contribution in [0, 0.1) is 0 Å². The average Bonchev–Trinajstić information content (AvgIpc) is 3.15. The molecule has 0 aliphatic heterocycles. The van der Waals surface area contributed by atoms with Crippen LogP contribution < -0.4 is 5.32 Å². The molecular formula is C14H15N5O. The van der Waals surface area contributed by atoms with Crippen molar-refractivity contribution >= 4 is 0 Å². The molecule has 20 heavy (non-hydrogen) atoms. The van der Waals surface area contributed by atoms with E-state index < -0.39 is 0 Å². The lowest BCUT2D eigenvalue weighted by atomic mass is 10.3. The fourth-order valence-corrected chi connectivity index (χ4v) is 1.84. The summed E-state index contributed by atoms with van der Waals surface area (Å²) in [5.41, 5.74) is 1.80. The monoisotopic (exact) mass is 269 g/mol. The summed E-state index contributed by atoms with van der Waals surface area (Å²) in [7, 11) is 0. The third-order valence-corrected chi connectivity index (χ3v) is 2.85. The summed E-state index contributed by atoms with van der Waals surface area (Å²) in [6.45, 7) is 3.51. The van der Waals surface area contributed by atoms with Gasteiger partial charge < -0.3 is 9.84 Å². The molecule has 0 amide bonds. The van der Waals surface area contributed by atoms with Crippen molar-refractivity contribution in [3.05, 3.63) is 48.5 Å². The Kier molecular flexibility index (Phi) is 3.56. The predicted molar refractivity (Wildman–Crippen MR) is 74.2 cm³/mol. The highest BCUT2D eigenvalue weighted by Gasteiger charge is 2.11. The maximum absolute atomic E-state index is 5.24. The van der Waals surface area contributed by atoms with Crippen molar-refractivity contribution < 1.29 is 4.52 Å². The maximum Gasteiger partial charge on any atom is 0.261 e. The van der Waals surface area contributed by atoms with Gasteiger partial charge in [0.05, 0.1) is 24.0 Å². The molecule has 0 fully saturated rings. The van der Waals surface area contributed by atoms with Crippen molar-refractivity contribution in [1.82, 2.24) is 25.2 Å². The molecular weight excluding hydrogens is 254 g/mol. The van der Waals surface area contributed by atoms with Gasteiger partial charge in [-0.1, -0.05) is 30.3 Å². The fraction of sp³-hybridized carbons (Fsp3) is 0.214.